The summed E-state index contributed by atoms with van der Waals surface area (Å²) < 4.78 is 18.0. The van der Waals surface area contributed by atoms with Crippen LogP contribution in [0, 0.1) is 0 Å². The zero-order valence-corrected chi connectivity index (χ0v) is 15.1. The Balaban J connectivity index is 1.51. The Kier molecular flexibility index (Phi) is 6.06. The molecule has 2 heterocycles. The lowest BCUT2D eigenvalue weighted by molar-refractivity contribution is -0.123. The molecule has 1 aliphatic rings. The fourth-order valence-corrected chi connectivity index (χ4v) is 3.08. The second-order valence-corrected chi connectivity index (χ2v) is 6.15. The molecule has 1 atom stereocenters. The third kappa shape index (κ3) is 4.32. The van der Waals surface area contributed by atoms with Crippen LogP contribution in [-0.4, -0.2) is 47.5 Å². The molecule has 1 aromatic heterocycles. The molecule has 3 rings (SSSR count). The zero-order valence-electron chi connectivity index (χ0n) is 15.1. The predicted octanol–water partition coefficient (Wildman–Crippen LogP) is 1.33. The number of nitrogens with one attached hydrogen (secondary N) is 1. The number of rotatable bonds is 7. The molecule has 0 radical (unpaired) electrons. The van der Waals surface area contributed by atoms with Crippen LogP contribution in [0.1, 0.15) is 24.5 Å². The molecule has 1 unspecified atom stereocenters. The van der Waals surface area contributed by atoms with Gasteiger partial charge in [0.15, 0.2) is 23.9 Å². The Morgan fingerprint density at radius 1 is 1.23 bits per heavy atom. The summed E-state index contributed by atoms with van der Waals surface area (Å²) >= 11 is 0. The number of methoxy groups -OCH3 is 2. The molecule has 8 nitrogen and oxygen atoms in total. The van der Waals surface area contributed by atoms with E-state index < -0.39 is 0 Å². The van der Waals surface area contributed by atoms with Crippen molar-refractivity contribution in [1.29, 1.82) is 0 Å². The minimum Gasteiger partial charge on any atom is -0.493 e. The molecule has 1 aliphatic heterocycles. The normalized spacial score (nSPS) is 16.5. The van der Waals surface area contributed by atoms with Gasteiger partial charge in [-0.25, -0.2) is 0 Å². The predicted molar refractivity (Wildman–Crippen MR) is 94.1 cm³/mol. The van der Waals surface area contributed by atoms with E-state index in [0.717, 1.165) is 37.5 Å². The number of aryl methyl sites for hydroxylation is 1. The van der Waals surface area contributed by atoms with Crippen LogP contribution in [0.4, 0.5) is 0 Å². The third-order valence-corrected chi connectivity index (χ3v) is 4.39. The number of carbonyl (C=O) groups excluding carboxylic acids is 1. The molecular weight excluding hydrogens is 336 g/mol. The van der Waals surface area contributed by atoms with Crippen molar-refractivity contribution in [2.75, 3.05) is 20.8 Å². The number of aromatic nitrogens is 3. The number of amides is 1. The Labute approximate surface area is 152 Å². The van der Waals surface area contributed by atoms with Gasteiger partial charge < -0.3 is 24.1 Å². The minimum atomic E-state index is -0.143. The summed E-state index contributed by atoms with van der Waals surface area (Å²) in [4.78, 5) is 12.2. The summed E-state index contributed by atoms with van der Waals surface area (Å²) in [5, 5.41) is 11.4. The van der Waals surface area contributed by atoms with Gasteiger partial charge >= 0.3 is 0 Å². The Morgan fingerprint density at radius 3 is 2.81 bits per heavy atom. The third-order valence-electron chi connectivity index (χ3n) is 4.39. The van der Waals surface area contributed by atoms with Crippen LogP contribution in [-0.2, 0) is 29.1 Å². The van der Waals surface area contributed by atoms with Gasteiger partial charge in [-0.2, -0.15) is 0 Å². The van der Waals surface area contributed by atoms with Crippen molar-refractivity contribution in [1.82, 2.24) is 20.1 Å². The highest BCUT2D eigenvalue weighted by molar-refractivity contribution is 5.77. The van der Waals surface area contributed by atoms with Crippen LogP contribution in [0.3, 0.4) is 0 Å². The number of hydrogen-bond donors (Lipinski definition) is 1. The highest BCUT2D eigenvalue weighted by Crippen LogP contribution is 2.25. The highest BCUT2D eigenvalue weighted by atomic mass is 16.5. The summed E-state index contributed by atoms with van der Waals surface area (Å²) in [6.45, 7) is 1.16. The molecule has 1 N–H and O–H groups in total. The second-order valence-electron chi connectivity index (χ2n) is 6.15. The van der Waals surface area contributed by atoms with Gasteiger partial charge in [0.1, 0.15) is 12.4 Å². The fraction of sp³-hybridized carbons (Fsp3) is 0.500. The smallest absolute Gasteiger partial charge is 0.258 e. The van der Waals surface area contributed by atoms with E-state index >= 15 is 0 Å². The first-order valence-electron chi connectivity index (χ1n) is 8.66. The average molecular weight is 360 g/mol. The lowest BCUT2D eigenvalue weighted by Crippen LogP contribution is -2.38. The molecular formula is C18H24N4O4. The molecule has 8 heteroatoms. The van der Waals surface area contributed by atoms with Gasteiger partial charge in [0.05, 0.1) is 7.11 Å². The van der Waals surface area contributed by atoms with Crippen molar-refractivity contribution in [3.8, 4) is 11.5 Å². The fourth-order valence-electron chi connectivity index (χ4n) is 3.08. The van der Waals surface area contributed by atoms with Crippen molar-refractivity contribution >= 4 is 5.91 Å². The van der Waals surface area contributed by atoms with E-state index in [9.17, 15) is 4.79 Å². The van der Waals surface area contributed by atoms with E-state index in [0.29, 0.717) is 18.1 Å². The summed E-state index contributed by atoms with van der Waals surface area (Å²) in [6, 6.07) is 7.36. The summed E-state index contributed by atoms with van der Waals surface area (Å²) in [7, 11) is 3.22. The van der Waals surface area contributed by atoms with E-state index in [-0.39, 0.29) is 18.6 Å². The van der Waals surface area contributed by atoms with Crippen LogP contribution < -0.4 is 14.8 Å². The lowest BCUT2D eigenvalue weighted by Gasteiger charge is -2.17. The van der Waals surface area contributed by atoms with E-state index in [4.69, 9.17) is 14.2 Å². The first-order chi connectivity index (χ1) is 12.7. The van der Waals surface area contributed by atoms with E-state index in [2.05, 4.69) is 20.1 Å². The number of ether oxygens (including phenoxy) is 3. The Hall–Kier alpha value is -2.61. The first kappa shape index (κ1) is 18.2. The maximum absolute atomic E-state index is 12.2. The Morgan fingerprint density at radius 2 is 2.04 bits per heavy atom. The molecule has 26 heavy (non-hydrogen) atoms. The first-order valence-corrected chi connectivity index (χ1v) is 8.66. The summed E-state index contributed by atoms with van der Waals surface area (Å²) in [5.74, 6) is 2.79. The molecule has 1 aromatic carbocycles. The monoisotopic (exact) mass is 360 g/mol. The molecule has 0 spiro atoms. The minimum absolute atomic E-state index is 0.0437. The van der Waals surface area contributed by atoms with Crippen molar-refractivity contribution in [2.24, 2.45) is 0 Å². The average Bonchev–Trinajstić information content (AvgIpc) is 2.93. The van der Waals surface area contributed by atoms with E-state index in [1.54, 1.807) is 26.4 Å². The van der Waals surface area contributed by atoms with Crippen LogP contribution in [0.5, 0.6) is 11.5 Å². The molecule has 1 amide bonds. The van der Waals surface area contributed by atoms with E-state index in [1.165, 1.54) is 0 Å². The second kappa shape index (κ2) is 8.66. The van der Waals surface area contributed by atoms with Crippen molar-refractivity contribution in [3.63, 3.8) is 0 Å². The molecule has 0 saturated heterocycles. The number of nitrogens with zero attached hydrogens (tertiary/aromatic N) is 3. The number of carbonyl (C=O) groups is 1. The van der Waals surface area contributed by atoms with Gasteiger partial charge in [0.25, 0.3) is 5.91 Å². The molecule has 0 saturated carbocycles. The number of hydrogen-bond acceptors (Lipinski definition) is 6. The largest absolute Gasteiger partial charge is 0.493 e. The van der Waals surface area contributed by atoms with E-state index in [1.807, 2.05) is 12.1 Å². The number of para-hydroxylation sites is 2. The SMILES string of the molecule is COCc1nnc2n1CCC(NC(=O)COc1ccccc1OC)CC2. The maximum atomic E-state index is 12.2. The van der Waals surface area contributed by atoms with Gasteiger partial charge in [0.2, 0.25) is 0 Å². The zero-order chi connectivity index (χ0) is 18.4. The van der Waals surface area contributed by atoms with Gasteiger partial charge in [-0.1, -0.05) is 12.1 Å². The van der Waals surface area contributed by atoms with Crippen molar-refractivity contribution in [2.45, 2.75) is 38.5 Å². The maximum Gasteiger partial charge on any atom is 0.258 e. The summed E-state index contributed by atoms with van der Waals surface area (Å²) in [5.41, 5.74) is 0. The van der Waals surface area contributed by atoms with Crippen LogP contribution in [0.15, 0.2) is 24.3 Å². The molecule has 0 aliphatic carbocycles. The lowest BCUT2D eigenvalue weighted by atomic mass is 10.1. The van der Waals surface area contributed by atoms with Crippen LogP contribution >= 0.6 is 0 Å². The highest BCUT2D eigenvalue weighted by Gasteiger charge is 2.21. The van der Waals surface area contributed by atoms with Gasteiger partial charge in [0, 0.05) is 26.1 Å². The summed E-state index contributed by atoms with van der Waals surface area (Å²) in [6.07, 6.45) is 2.42. The quantitative estimate of drug-likeness (QED) is 0.802. The molecule has 0 fully saturated rings. The number of fused-ring (bicyclic) bond motifs is 1. The van der Waals surface area contributed by atoms with Gasteiger partial charge in [-0.15, -0.1) is 10.2 Å². The standard InChI is InChI=1S/C18H24N4O4/c1-24-11-17-21-20-16-8-7-13(9-10-22(16)17)19-18(23)12-26-15-6-4-3-5-14(15)25-2/h3-6,13H,7-12H2,1-2H3,(H,19,23). The topological polar surface area (TPSA) is 87.5 Å². The van der Waals surface area contributed by atoms with Crippen LogP contribution in [0.25, 0.3) is 0 Å². The molecule has 140 valence electrons. The van der Waals surface area contributed by atoms with Gasteiger partial charge in [-0.3, -0.25) is 4.79 Å². The Bertz CT molecular complexity index is 747. The van der Waals surface area contributed by atoms with Gasteiger partial charge in [-0.05, 0) is 25.0 Å². The van der Waals surface area contributed by atoms with Crippen molar-refractivity contribution < 1.29 is 19.0 Å². The van der Waals surface area contributed by atoms with Crippen molar-refractivity contribution in [3.05, 3.63) is 35.9 Å². The van der Waals surface area contributed by atoms with Crippen LogP contribution in [0.2, 0.25) is 0 Å². The molecule has 2 aromatic rings. The number of benzene rings is 1. The molecule has 0 bridgehead atoms.